The molecule has 0 aromatic carbocycles. The lowest BCUT2D eigenvalue weighted by Gasteiger charge is -2.52. The molecule has 1 aliphatic heterocycles. The Hall–Kier alpha value is -0.953. The van der Waals surface area contributed by atoms with E-state index < -0.39 is 38.6 Å². The van der Waals surface area contributed by atoms with Gasteiger partial charge in [-0.05, 0) is 37.4 Å². The monoisotopic (exact) mass is 375 g/mol. The maximum Gasteiger partial charge on any atom is 0.417 e. The Morgan fingerprint density at radius 3 is 1.76 bits per heavy atom. The molecule has 0 unspecified atom stereocenters. The molecule has 0 spiro atoms. The van der Waals surface area contributed by atoms with Crippen LogP contribution in [0, 0.1) is 0 Å². The van der Waals surface area contributed by atoms with E-state index in [1.54, 1.807) is 13.8 Å². The smallest absolute Gasteiger partial charge is 0.417 e. The van der Waals surface area contributed by atoms with Gasteiger partial charge in [0.2, 0.25) is 8.32 Å². The number of hydrogen-bond donors (Lipinski definition) is 0. The van der Waals surface area contributed by atoms with Crippen molar-refractivity contribution < 1.29 is 23.1 Å². The summed E-state index contributed by atoms with van der Waals surface area (Å²) < 4.78 is 25.7. The third-order valence-corrected chi connectivity index (χ3v) is 11.2. The Morgan fingerprint density at radius 2 is 1.44 bits per heavy atom. The number of amides is 2. The topological polar surface area (TPSA) is 55.8 Å². The summed E-state index contributed by atoms with van der Waals surface area (Å²) in [6.07, 6.45) is -3.44. The van der Waals surface area contributed by atoms with Crippen molar-refractivity contribution in [1.29, 1.82) is 0 Å². The number of imide groups is 1. The van der Waals surface area contributed by atoms with Crippen LogP contribution in [0.2, 0.25) is 16.6 Å². The first-order chi connectivity index (χ1) is 11.4. The molecule has 1 saturated heterocycles. The first-order valence-electron chi connectivity index (χ1n) is 9.23. The molecule has 146 valence electrons. The number of carbonyl (C=O) groups excluding carboxylic acids is 2. The second-order valence-electron chi connectivity index (χ2n) is 8.16. The Labute approximate surface area is 152 Å². The predicted octanol–water partition coefficient (Wildman–Crippen LogP) is 4.66. The third-order valence-electron chi connectivity index (χ3n) is 5.13. The van der Waals surface area contributed by atoms with Gasteiger partial charge in [-0.2, -0.15) is 0 Å². The van der Waals surface area contributed by atoms with Crippen molar-refractivity contribution in [3.8, 4) is 0 Å². The summed E-state index contributed by atoms with van der Waals surface area (Å²) in [5.74, 6) is -0.487. The van der Waals surface area contributed by atoms with E-state index in [1.807, 2.05) is 0 Å². The largest absolute Gasteiger partial charge is 0.446 e. The highest BCUT2D eigenvalue weighted by atomic mass is 28.4. The maximum absolute atomic E-state index is 14.2. The van der Waals surface area contributed by atoms with E-state index in [-0.39, 0.29) is 22.7 Å². The number of halogens is 1. The number of rotatable bonds is 7. The van der Waals surface area contributed by atoms with E-state index in [9.17, 15) is 14.0 Å². The molecule has 0 aromatic heterocycles. The van der Waals surface area contributed by atoms with Crippen LogP contribution in [-0.4, -0.2) is 49.6 Å². The number of carbonyl (C=O) groups is 2. The normalized spacial score (nSPS) is 22.8. The van der Waals surface area contributed by atoms with Crippen molar-refractivity contribution in [2.75, 3.05) is 0 Å². The summed E-state index contributed by atoms with van der Waals surface area (Å²) in [7, 11) is -2.35. The van der Waals surface area contributed by atoms with Gasteiger partial charge in [0.05, 0.1) is 6.10 Å². The Balaban J connectivity index is 3.12. The molecule has 1 aliphatic rings. The van der Waals surface area contributed by atoms with Crippen LogP contribution >= 0.6 is 0 Å². The van der Waals surface area contributed by atoms with E-state index in [0.717, 1.165) is 4.90 Å². The van der Waals surface area contributed by atoms with Crippen LogP contribution in [0.4, 0.5) is 9.18 Å². The van der Waals surface area contributed by atoms with Gasteiger partial charge in [-0.3, -0.25) is 4.79 Å². The second kappa shape index (κ2) is 8.16. The molecular formula is C18H34FNO4Si. The van der Waals surface area contributed by atoms with Gasteiger partial charge in [-0.25, -0.2) is 14.1 Å². The fourth-order valence-corrected chi connectivity index (χ4v) is 9.64. The van der Waals surface area contributed by atoms with Crippen molar-refractivity contribution in [1.82, 2.24) is 4.90 Å². The number of alkyl halides is 1. The molecule has 0 bridgehead atoms. The summed E-state index contributed by atoms with van der Waals surface area (Å²) >= 11 is 0. The highest BCUT2D eigenvalue weighted by molar-refractivity contribution is 6.77. The van der Waals surface area contributed by atoms with Crippen LogP contribution in [0.25, 0.3) is 0 Å². The van der Waals surface area contributed by atoms with Crippen LogP contribution < -0.4 is 0 Å². The van der Waals surface area contributed by atoms with E-state index in [4.69, 9.17) is 9.16 Å². The number of β-lactam (4-membered cyclic amide) rings is 1. The highest BCUT2D eigenvalue weighted by Gasteiger charge is 2.59. The molecule has 1 fully saturated rings. The van der Waals surface area contributed by atoms with Gasteiger partial charge in [0, 0.05) is 0 Å². The lowest BCUT2D eigenvalue weighted by Crippen LogP contribution is -2.73. The van der Waals surface area contributed by atoms with Gasteiger partial charge in [0.15, 0.2) is 0 Å². The molecule has 25 heavy (non-hydrogen) atoms. The quantitative estimate of drug-likeness (QED) is 0.480. The summed E-state index contributed by atoms with van der Waals surface area (Å²) in [6, 6.07) is -0.915. The average Bonchev–Trinajstić information content (AvgIpc) is 2.42. The molecule has 1 rings (SSSR count). The number of ether oxygens (including phenoxy) is 1. The molecule has 1 heterocycles. The predicted molar refractivity (Wildman–Crippen MR) is 98.7 cm³/mol. The molecular weight excluding hydrogens is 341 g/mol. The molecule has 3 atom stereocenters. The second-order valence-corrected chi connectivity index (χ2v) is 13.6. The Kier molecular flexibility index (Phi) is 7.21. The van der Waals surface area contributed by atoms with E-state index in [2.05, 4.69) is 41.5 Å². The van der Waals surface area contributed by atoms with Gasteiger partial charge < -0.3 is 9.16 Å². The van der Waals surface area contributed by atoms with E-state index >= 15 is 0 Å². The Bertz CT molecular complexity index is 472. The molecule has 0 aromatic rings. The number of hydrogen-bond acceptors (Lipinski definition) is 4. The first-order valence-corrected chi connectivity index (χ1v) is 11.4. The first kappa shape index (κ1) is 22.1. The molecule has 0 saturated carbocycles. The van der Waals surface area contributed by atoms with Gasteiger partial charge in [0.25, 0.3) is 5.91 Å². The molecule has 0 radical (unpaired) electrons. The maximum atomic E-state index is 14.2. The van der Waals surface area contributed by atoms with Crippen molar-refractivity contribution in [2.24, 2.45) is 0 Å². The molecule has 7 heteroatoms. The Morgan fingerprint density at radius 1 is 1.00 bits per heavy atom. The van der Waals surface area contributed by atoms with Gasteiger partial charge >= 0.3 is 6.09 Å². The van der Waals surface area contributed by atoms with E-state index in [1.165, 1.54) is 6.92 Å². The van der Waals surface area contributed by atoms with Crippen LogP contribution in [0.1, 0.15) is 62.3 Å². The van der Waals surface area contributed by atoms with Gasteiger partial charge in [-0.15, -0.1) is 0 Å². The average molecular weight is 376 g/mol. The van der Waals surface area contributed by atoms with Crippen molar-refractivity contribution >= 4 is 20.3 Å². The molecule has 0 aliphatic carbocycles. The zero-order valence-corrected chi connectivity index (χ0v) is 18.0. The molecule has 2 amide bonds. The fourth-order valence-electron chi connectivity index (χ4n) is 4.15. The summed E-state index contributed by atoms with van der Waals surface area (Å²) in [5.41, 5.74) is 0.813. The fraction of sp³-hybridized carbons (Fsp3) is 0.889. The minimum atomic E-state index is -2.35. The minimum Gasteiger partial charge on any atom is -0.446 e. The van der Waals surface area contributed by atoms with Crippen molar-refractivity contribution in [3.05, 3.63) is 0 Å². The van der Waals surface area contributed by atoms with E-state index in [0.29, 0.717) is 0 Å². The summed E-state index contributed by atoms with van der Waals surface area (Å²) in [6.45, 7) is 17.4. The zero-order valence-electron chi connectivity index (χ0n) is 17.0. The standard InChI is InChI=1S/C18H34FNO4Si/c1-10(2)23-18(22)20-15(14(9)19)16(17(20)21)24-25(11(3)4,12(5)6)13(7)8/h10-16H,1-9H3/t14-,15-,16+/m0/s1. The van der Waals surface area contributed by atoms with Crippen LogP contribution in [0.3, 0.4) is 0 Å². The van der Waals surface area contributed by atoms with Crippen LogP contribution in [0.5, 0.6) is 0 Å². The SMILES string of the molecule is CC(C)OC(=O)N1C(=O)[C@H](O[Si](C(C)C)(C(C)C)C(C)C)[C@@H]1[C@H](C)F. The lowest BCUT2D eigenvalue weighted by molar-refractivity contribution is -0.165. The lowest BCUT2D eigenvalue weighted by atomic mass is 9.95. The van der Waals surface area contributed by atoms with Gasteiger partial charge in [0.1, 0.15) is 18.3 Å². The minimum absolute atomic E-state index is 0.271. The number of likely N-dealkylation sites (tertiary alicyclic amines) is 1. The molecule has 5 nitrogen and oxygen atoms in total. The van der Waals surface area contributed by atoms with Crippen LogP contribution in [-0.2, 0) is 14.0 Å². The van der Waals surface area contributed by atoms with Crippen LogP contribution in [0.15, 0.2) is 0 Å². The van der Waals surface area contributed by atoms with Crippen molar-refractivity contribution in [2.45, 2.75) is 103 Å². The summed E-state index contributed by atoms with van der Waals surface area (Å²) in [5, 5.41) is 0. The third kappa shape index (κ3) is 4.08. The zero-order chi connectivity index (χ0) is 19.7. The van der Waals surface area contributed by atoms with Gasteiger partial charge in [-0.1, -0.05) is 41.5 Å². The summed E-state index contributed by atoms with van der Waals surface area (Å²) in [4.78, 5) is 25.6. The molecule has 0 N–H and O–H groups in total. The number of nitrogens with zero attached hydrogens (tertiary/aromatic N) is 1. The highest BCUT2D eigenvalue weighted by Crippen LogP contribution is 2.45. The van der Waals surface area contributed by atoms with Crippen molar-refractivity contribution in [3.63, 3.8) is 0 Å².